The average molecular weight is 385 g/mol. The lowest BCUT2D eigenvalue weighted by atomic mass is 10.0. The van der Waals surface area contributed by atoms with Crippen molar-refractivity contribution in [3.8, 4) is 0 Å². The summed E-state index contributed by atoms with van der Waals surface area (Å²) in [5, 5.41) is 3.54. The molecule has 1 aliphatic rings. The van der Waals surface area contributed by atoms with Gasteiger partial charge < -0.3 is 10.2 Å². The van der Waals surface area contributed by atoms with Crippen LogP contribution in [-0.2, 0) is 6.42 Å². The Kier molecular flexibility index (Phi) is 5.61. The molecule has 2 aromatic carbocycles. The minimum absolute atomic E-state index is 0.840. The van der Waals surface area contributed by atoms with Crippen LogP contribution in [0.3, 0.4) is 0 Å². The zero-order valence-electron chi connectivity index (χ0n) is 17.4. The maximum absolute atomic E-state index is 4.66. The number of nitrogens with one attached hydrogen (secondary N) is 1. The van der Waals surface area contributed by atoms with Gasteiger partial charge in [-0.1, -0.05) is 43.3 Å². The second kappa shape index (κ2) is 8.48. The van der Waals surface area contributed by atoms with Crippen molar-refractivity contribution in [2.75, 3.05) is 23.3 Å². The van der Waals surface area contributed by atoms with E-state index in [9.17, 15) is 0 Å². The highest BCUT2D eigenvalue weighted by Crippen LogP contribution is 2.37. The van der Waals surface area contributed by atoms with Crippen LogP contribution in [0, 0.1) is 13.8 Å². The molecule has 0 aliphatic carbocycles. The summed E-state index contributed by atoms with van der Waals surface area (Å²) in [6, 6.07) is 17.2. The van der Waals surface area contributed by atoms with Gasteiger partial charge in [-0.3, -0.25) is 0 Å². The molecular formula is C25H28N4. The van der Waals surface area contributed by atoms with Gasteiger partial charge in [-0.05, 0) is 67.2 Å². The van der Waals surface area contributed by atoms with E-state index in [1.165, 1.54) is 28.0 Å². The lowest BCUT2D eigenvalue weighted by Gasteiger charge is -2.31. The van der Waals surface area contributed by atoms with Gasteiger partial charge in [-0.15, -0.1) is 0 Å². The maximum atomic E-state index is 4.66. The van der Waals surface area contributed by atoms with E-state index < -0.39 is 0 Å². The minimum atomic E-state index is 0.840. The summed E-state index contributed by atoms with van der Waals surface area (Å²) in [6.07, 6.45) is 5.91. The number of hydrogen-bond donors (Lipinski definition) is 1. The van der Waals surface area contributed by atoms with Gasteiger partial charge in [0.15, 0.2) is 0 Å². The number of anilines is 3. The zero-order valence-corrected chi connectivity index (χ0v) is 17.4. The Morgan fingerprint density at radius 1 is 1.00 bits per heavy atom. The molecule has 0 amide bonds. The fourth-order valence-electron chi connectivity index (χ4n) is 3.69. The number of benzene rings is 2. The Labute approximate surface area is 173 Å². The monoisotopic (exact) mass is 384 g/mol. The summed E-state index contributed by atoms with van der Waals surface area (Å²) in [6.45, 7) is 8.23. The third-order valence-electron chi connectivity index (χ3n) is 5.63. The molecule has 1 N–H and O–H groups in total. The zero-order chi connectivity index (χ0) is 20.2. The van der Waals surface area contributed by atoms with Crippen LogP contribution in [-0.4, -0.2) is 23.1 Å². The fourth-order valence-corrected chi connectivity index (χ4v) is 3.69. The lowest BCUT2D eigenvalue weighted by Crippen LogP contribution is -2.26. The van der Waals surface area contributed by atoms with E-state index >= 15 is 0 Å². The van der Waals surface area contributed by atoms with Crippen molar-refractivity contribution < 1.29 is 0 Å². The first kappa shape index (κ1) is 19.2. The summed E-state index contributed by atoms with van der Waals surface area (Å²) in [5.41, 5.74) is 7.58. The normalized spacial score (nSPS) is 13.1. The van der Waals surface area contributed by atoms with Crippen molar-refractivity contribution in [3.05, 3.63) is 82.7 Å². The van der Waals surface area contributed by atoms with E-state index in [-0.39, 0.29) is 0 Å². The second-order valence-electron chi connectivity index (χ2n) is 7.63. The van der Waals surface area contributed by atoms with E-state index in [0.717, 1.165) is 43.1 Å². The van der Waals surface area contributed by atoms with Gasteiger partial charge >= 0.3 is 0 Å². The van der Waals surface area contributed by atoms with E-state index in [2.05, 4.69) is 95.6 Å². The van der Waals surface area contributed by atoms with Gasteiger partial charge in [-0.25, -0.2) is 9.97 Å². The number of hydrogen-bond acceptors (Lipinski definition) is 4. The molecule has 0 saturated heterocycles. The predicted octanol–water partition coefficient (Wildman–Crippen LogP) is 5.69. The molecule has 0 radical (unpaired) electrons. The van der Waals surface area contributed by atoms with Crippen molar-refractivity contribution >= 4 is 23.4 Å². The second-order valence-corrected chi connectivity index (χ2v) is 7.63. The SMILES string of the molecule is CCC1=Cc2c(NCCc3ccccc3)ncnc2N(c2ccc(C)c(C)c2)C1. The molecule has 0 saturated carbocycles. The molecule has 1 aromatic heterocycles. The molecule has 0 bridgehead atoms. The largest absolute Gasteiger partial charge is 0.369 e. The highest BCUT2D eigenvalue weighted by atomic mass is 15.2. The van der Waals surface area contributed by atoms with Crippen LogP contribution in [0.1, 0.15) is 35.6 Å². The van der Waals surface area contributed by atoms with Gasteiger partial charge in [0.1, 0.15) is 18.0 Å². The van der Waals surface area contributed by atoms with Crippen LogP contribution < -0.4 is 10.2 Å². The number of rotatable bonds is 6. The Balaban J connectivity index is 1.63. The fraction of sp³-hybridized carbons (Fsp3) is 0.280. The van der Waals surface area contributed by atoms with E-state index in [1.807, 2.05) is 0 Å². The highest BCUT2D eigenvalue weighted by Gasteiger charge is 2.23. The van der Waals surface area contributed by atoms with Crippen molar-refractivity contribution in [1.29, 1.82) is 0 Å². The third-order valence-corrected chi connectivity index (χ3v) is 5.63. The predicted molar refractivity (Wildman–Crippen MR) is 122 cm³/mol. The smallest absolute Gasteiger partial charge is 0.146 e. The molecule has 0 unspecified atom stereocenters. The van der Waals surface area contributed by atoms with Gasteiger partial charge in [0.2, 0.25) is 0 Å². The van der Waals surface area contributed by atoms with Gasteiger partial charge in [0.25, 0.3) is 0 Å². The first-order valence-electron chi connectivity index (χ1n) is 10.3. The molecule has 4 rings (SSSR count). The van der Waals surface area contributed by atoms with Gasteiger partial charge in [0, 0.05) is 18.8 Å². The van der Waals surface area contributed by atoms with Crippen LogP contribution in [0.5, 0.6) is 0 Å². The minimum Gasteiger partial charge on any atom is -0.369 e. The van der Waals surface area contributed by atoms with Crippen molar-refractivity contribution in [2.24, 2.45) is 0 Å². The van der Waals surface area contributed by atoms with Gasteiger partial charge in [0.05, 0.1) is 5.56 Å². The van der Waals surface area contributed by atoms with Crippen LogP contribution in [0.25, 0.3) is 6.08 Å². The first-order valence-corrected chi connectivity index (χ1v) is 10.3. The molecule has 4 nitrogen and oxygen atoms in total. The summed E-state index contributed by atoms with van der Waals surface area (Å²) in [7, 11) is 0. The van der Waals surface area contributed by atoms with Crippen LogP contribution in [0.4, 0.5) is 17.3 Å². The molecule has 4 heteroatoms. The maximum Gasteiger partial charge on any atom is 0.146 e. The van der Waals surface area contributed by atoms with Gasteiger partial charge in [-0.2, -0.15) is 0 Å². The molecule has 0 fully saturated rings. The topological polar surface area (TPSA) is 41.1 Å². The molecule has 3 aromatic rings. The molecule has 2 heterocycles. The Bertz CT molecular complexity index is 1020. The summed E-state index contributed by atoms with van der Waals surface area (Å²) in [4.78, 5) is 11.5. The highest BCUT2D eigenvalue weighted by molar-refractivity contribution is 5.82. The Morgan fingerprint density at radius 3 is 2.59 bits per heavy atom. The summed E-state index contributed by atoms with van der Waals surface area (Å²) in [5.74, 6) is 1.88. The average Bonchev–Trinajstić information content (AvgIpc) is 2.76. The standard InChI is InChI=1S/C25H28N4/c1-4-20-15-23-24(26-13-12-21-8-6-5-7-9-21)27-17-28-25(23)29(16-20)22-11-10-18(2)19(3)14-22/h5-11,14-15,17H,4,12-13,16H2,1-3H3,(H,26,27,28). The third kappa shape index (κ3) is 4.16. The molecule has 148 valence electrons. The van der Waals surface area contributed by atoms with Crippen LogP contribution in [0.2, 0.25) is 0 Å². The van der Waals surface area contributed by atoms with E-state index in [0.29, 0.717) is 0 Å². The Morgan fingerprint density at radius 2 is 1.83 bits per heavy atom. The van der Waals surface area contributed by atoms with Crippen molar-refractivity contribution in [2.45, 2.75) is 33.6 Å². The number of fused-ring (bicyclic) bond motifs is 1. The van der Waals surface area contributed by atoms with Crippen molar-refractivity contribution in [1.82, 2.24) is 9.97 Å². The molecule has 29 heavy (non-hydrogen) atoms. The lowest BCUT2D eigenvalue weighted by molar-refractivity contribution is 0.919. The number of nitrogens with zero attached hydrogens (tertiary/aromatic N) is 3. The van der Waals surface area contributed by atoms with Crippen molar-refractivity contribution in [3.63, 3.8) is 0 Å². The Hall–Kier alpha value is -3.14. The molecular weight excluding hydrogens is 356 g/mol. The molecule has 0 atom stereocenters. The number of aromatic nitrogens is 2. The number of aryl methyl sites for hydroxylation is 2. The quantitative estimate of drug-likeness (QED) is 0.592. The van der Waals surface area contributed by atoms with Crippen LogP contribution >= 0.6 is 0 Å². The molecule has 0 spiro atoms. The summed E-state index contributed by atoms with van der Waals surface area (Å²) >= 11 is 0. The van der Waals surface area contributed by atoms with E-state index in [4.69, 9.17) is 0 Å². The molecule has 1 aliphatic heterocycles. The summed E-state index contributed by atoms with van der Waals surface area (Å²) < 4.78 is 0. The van der Waals surface area contributed by atoms with Crippen LogP contribution in [0.15, 0.2) is 60.4 Å². The van der Waals surface area contributed by atoms with E-state index in [1.54, 1.807) is 6.33 Å². The first-order chi connectivity index (χ1) is 14.2.